The highest BCUT2D eigenvalue weighted by molar-refractivity contribution is 5.96. The summed E-state index contributed by atoms with van der Waals surface area (Å²) in [5, 5.41) is 61.1. The number of nitrogens with zero attached hydrogens (tertiary/aromatic N) is 9. The van der Waals surface area contributed by atoms with Crippen LogP contribution in [0.25, 0.3) is 0 Å². The van der Waals surface area contributed by atoms with Gasteiger partial charge in [0.05, 0.1) is 40.4 Å². The number of nitriles is 6. The second kappa shape index (κ2) is 23.0. The fourth-order valence-corrected chi connectivity index (χ4v) is 10.0. The van der Waals surface area contributed by atoms with Gasteiger partial charge in [0.15, 0.2) is 0 Å². The zero-order valence-corrected chi connectivity index (χ0v) is 39.0. The number of carbonyl (C=O) groups is 3. The predicted molar refractivity (Wildman–Crippen MR) is 231 cm³/mol. The molecule has 0 aromatic carbocycles. The minimum atomic E-state index is -4.84. The Balaban J connectivity index is 1.35. The molecule has 0 spiro atoms. The maximum atomic E-state index is 14.3. The molecule has 0 saturated carbocycles. The molecule has 3 unspecified atom stereocenters. The van der Waals surface area contributed by atoms with Crippen LogP contribution < -0.4 is 0 Å². The highest BCUT2D eigenvalue weighted by atomic mass is 19.4. The lowest BCUT2D eigenvalue weighted by Gasteiger charge is -2.33. The molecule has 0 bridgehead atoms. The summed E-state index contributed by atoms with van der Waals surface area (Å²) >= 11 is 0. The number of alkyl halides is 9. The molecule has 3 saturated heterocycles. The van der Waals surface area contributed by atoms with Crippen molar-refractivity contribution in [3.05, 3.63) is 67.2 Å². The van der Waals surface area contributed by atoms with E-state index >= 15 is 0 Å². The fraction of sp³-hybridized carbons (Fsp3) is 0.571. The standard InChI is InChI=1S/C49H46F9N9O6/c50-47(51,52)29-13-32(35(19-59)41(16-29)65-7-1-2-8-65)38(22-62)44(68)71-25-28(26-72-45(69)39(23-63)33-14-30(48(53,54)55)17-42(36(33)20-60)66-9-3-4-10-66)27-73-46(70)40(24-64)34-15-31(49(56,57)58)18-43(37(34)21-61)67-11-5-6-12-67/h28-31H,1-18,25-27H2/b38-32+,39-33+,40-34+. The average molecular weight is 1030 g/mol. The maximum Gasteiger partial charge on any atom is 0.392 e. The van der Waals surface area contributed by atoms with Gasteiger partial charge in [-0.15, -0.1) is 0 Å². The van der Waals surface area contributed by atoms with Crippen molar-refractivity contribution in [3.8, 4) is 36.4 Å². The van der Waals surface area contributed by atoms with Crippen LogP contribution in [0.3, 0.4) is 0 Å². The second-order valence-electron chi connectivity index (χ2n) is 18.4. The minimum absolute atomic E-state index is 0.0337. The SMILES string of the molecule is N#CC1=C(N2CCCC2)CC(C(F)(F)F)C/C1=C(/C#N)C(=O)OCC(COC(=O)/C(C#N)=C1\CC(C(F)(F)F)CC(N2CCCC2)=C1C#N)COC(=O)/C(C#N)=C1\CC(C(F)(F)F)CC(N2CCCC2)=C1C#N. The van der Waals surface area contributed by atoms with E-state index < -0.39 is 152 Å². The van der Waals surface area contributed by atoms with Gasteiger partial charge in [0.1, 0.15) is 73.0 Å². The average Bonchev–Trinajstić information content (AvgIpc) is 4.19. The van der Waals surface area contributed by atoms with Crippen molar-refractivity contribution in [2.24, 2.45) is 23.7 Å². The van der Waals surface area contributed by atoms with Crippen LogP contribution in [0.4, 0.5) is 39.5 Å². The van der Waals surface area contributed by atoms with Crippen LogP contribution in [0.2, 0.25) is 0 Å². The van der Waals surface area contributed by atoms with Crippen molar-refractivity contribution in [2.75, 3.05) is 59.1 Å². The summed E-state index contributed by atoms with van der Waals surface area (Å²) in [4.78, 5) is 45.9. The van der Waals surface area contributed by atoms with Crippen LogP contribution in [-0.4, -0.2) is 110 Å². The molecule has 6 aliphatic rings. The first-order valence-corrected chi connectivity index (χ1v) is 23.4. The highest BCUT2D eigenvalue weighted by Crippen LogP contribution is 2.48. The molecule has 6 rings (SSSR count). The van der Waals surface area contributed by atoms with E-state index in [2.05, 4.69) is 0 Å². The molecule has 0 aromatic rings. The number of halogens is 9. The largest absolute Gasteiger partial charge is 0.461 e. The lowest BCUT2D eigenvalue weighted by atomic mass is 9.80. The van der Waals surface area contributed by atoms with Crippen molar-refractivity contribution < 1.29 is 68.1 Å². The van der Waals surface area contributed by atoms with Crippen LogP contribution >= 0.6 is 0 Å². The Hall–Kier alpha value is -7.44. The molecule has 24 heteroatoms. The molecule has 0 radical (unpaired) electrons. The van der Waals surface area contributed by atoms with E-state index in [0.717, 1.165) is 0 Å². The van der Waals surface area contributed by atoms with Crippen LogP contribution in [-0.2, 0) is 28.6 Å². The van der Waals surface area contributed by atoms with Gasteiger partial charge in [0.2, 0.25) is 0 Å². The topological polar surface area (TPSA) is 231 Å². The first-order valence-electron chi connectivity index (χ1n) is 23.4. The summed E-state index contributed by atoms with van der Waals surface area (Å²) in [5.74, 6) is -12.8. The number of esters is 3. The molecular weight excluding hydrogens is 982 g/mol. The third kappa shape index (κ3) is 12.4. The zero-order chi connectivity index (χ0) is 53.4. The van der Waals surface area contributed by atoms with E-state index in [1.54, 1.807) is 14.7 Å². The quantitative estimate of drug-likeness (QED) is 0.0589. The molecule has 73 heavy (non-hydrogen) atoms. The third-order valence-electron chi connectivity index (χ3n) is 13.8. The van der Waals surface area contributed by atoms with Gasteiger partial charge in [-0.25, -0.2) is 14.4 Å². The van der Waals surface area contributed by atoms with Crippen molar-refractivity contribution in [3.63, 3.8) is 0 Å². The highest BCUT2D eigenvalue weighted by Gasteiger charge is 2.49. The number of rotatable bonds is 12. The van der Waals surface area contributed by atoms with E-state index in [1.807, 2.05) is 18.2 Å². The molecule has 3 heterocycles. The molecule has 3 aliphatic heterocycles. The molecule has 3 atom stereocenters. The third-order valence-corrected chi connectivity index (χ3v) is 13.8. The minimum Gasteiger partial charge on any atom is -0.461 e. The van der Waals surface area contributed by atoms with Crippen molar-refractivity contribution >= 4 is 17.9 Å². The zero-order valence-electron chi connectivity index (χ0n) is 39.0. The summed E-state index contributed by atoms with van der Waals surface area (Å²) in [7, 11) is 0. The van der Waals surface area contributed by atoms with Gasteiger partial charge in [-0.2, -0.15) is 71.1 Å². The lowest BCUT2D eigenvalue weighted by molar-refractivity contribution is -0.176. The van der Waals surface area contributed by atoms with E-state index in [1.165, 1.54) is 18.2 Å². The number of likely N-dealkylation sites (tertiary alicyclic amines) is 3. The first kappa shape index (κ1) is 54.9. The van der Waals surface area contributed by atoms with Crippen LogP contribution in [0.15, 0.2) is 67.2 Å². The molecule has 15 nitrogen and oxygen atoms in total. The van der Waals surface area contributed by atoms with Gasteiger partial charge in [0, 0.05) is 75.6 Å². The summed E-state index contributed by atoms with van der Waals surface area (Å²) < 4.78 is 145. The number of hydrogen-bond donors (Lipinski definition) is 0. The fourth-order valence-electron chi connectivity index (χ4n) is 10.0. The van der Waals surface area contributed by atoms with E-state index in [0.29, 0.717) is 77.8 Å². The molecule has 3 fully saturated rings. The molecule has 3 aliphatic carbocycles. The Morgan fingerprint density at radius 1 is 0.438 bits per heavy atom. The number of ether oxygens (including phenoxy) is 3. The molecule has 0 aromatic heterocycles. The smallest absolute Gasteiger partial charge is 0.392 e. The van der Waals surface area contributed by atoms with Crippen molar-refractivity contribution in [1.82, 2.24) is 14.7 Å². The number of hydrogen-bond acceptors (Lipinski definition) is 15. The van der Waals surface area contributed by atoms with Crippen LogP contribution in [0.5, 0.6) is 0 Å². The second-order valence-corrected chi connectivity index (χ2v) is 18.4. The summed E-state index contributed by atoms with van der Waals surface area (Å²) in [6.45, 7) is -1.39. The van der Waals surface area contributed by atoms with Crippen molar-refractivity contribution in [2.45, 2.75) is 95.6 Å². The Morgan fingerprint density at radius 3 is 0.863 bits per heavy atom. The molecule has 0 amide bonds. The van der Waals surface area contributed by atoms with Gasteiger partial charge in [-0.1, -0.05) is 0 Å². The Labute approximate surface area is 413 Å². The Morgan fingerprint density at radius 2 is 0.671 bits per heavy atom. The molecular formula is C49H46F9N9O6. The Bertz CT molecular complexity index is 2400. The number of carbonyl (C=O) groups excluding carboxylic acids is 3. The van der Waals surface area contributed by atoms with Crippen LogP contribution in [0, 0.1) is 91.7 Å². The predicted octanol–water partition coefficient (Wildman–Crippen LogP) is 8.23. The van der Waals surface area contributed by atoms with E-state index in [-0.39, 0.29) is 33.8 Å². The summed E-state index contributed by atoms with van der Waals surface area (Å²) in [5.41, 5.74) is -5.91. The van der Waals surface area contributed by atoms with Gasteiger partial charge >= 0.3 is 36.4 Å². The van der Waals surface area contributed by atoms with Gasteiger partial charge in [-0.3, -0.25) is 0 Å². The van der Waals surface area contributed by atoms with Crippen LogP contribution in [0.1, 0.15) is 77.0 Å². The van der Waals surface area contributed by atoms with E-state index in [9.17, 15) is 85.5 Å². The monoisotopic (exact) mass is 1030 g/mol. The number of allylic oxidation sites excluding steroid dienone is 9. The lowest BCUT2D eigenvalue weighted by Crippen LogP contribution is -2.34. The normalized spacial score (nSPS) is 24.4. The van der Waals surface area contributed by atoms with E-state index in [4.69, 9.17) is 14.2 Å². The summed E-state index contributed by atoms with van der Waals surface area (Å²) in [6, 6.07) is 9.96. The maximum absolute atomic E-state index is 14.3. The molecule has 0 N–H and O–H groups in total. The Kier molecular flexibility index (Phi) is 17.3. The van der Waals surface area contributed by atoms with Gasteiger partial charge in [0.25, 0.3) is 0 Å². The summed E-state index contributed by atoms with van der Waals surface area (Å²) in [6.07, 6.45) is -15.7. The molecule has 386 valence electrons. The first-order chi connectivity index (χ1) is 34.6. The van der Waals surface area contributed by atoms with Crippen molar-refractivity contribution in [1.29, 1.82) is 31.6 Å². The van der Waals surface area contributed by atoms with Gasteiger partial charge < -0.3 is 28.9 Å². The van der Waals surface area contributed by atoms with Gasteiger partial charge in [-0.05, 0) is 74.5 Å².